The van der Waals surface area contributed by atoms with E-state index in [9.17, 15) is 5.11 Å². The lowest BCUT2D eigenvalue weighted by molar-refractivity contribution is 0.0641. The Bertz CT molecular complexity index is 415. The molecule has 1 aromatic rings. The Morgan fingerprint density at radius 1 is 1.10 bits per heavy atom. The normalized spacial score (nSPS) is 11.7. The van der Waals surface area contributed by atoms with E-state index in [-0.39, 0.29) is 12.0 Å². The fraction of sp³-hybridized carbons (Fsp3) is 0.688. The Morgan fingerprint density at radius 3 is 2.48 bits per heavy atom. The molecule has 0 amide bonds. The molecule has 0 bridgehead atoms. The van der Waals surface area contributed by atoms with Crippen LogP contribution in [-0.2, 0) is 21.5 Å². The van der Waals surface area contributed by atoms with Gasteiger partial charge in [0.25, 0.3) is 0 Å². The minimum absolute atomic E-state index is 0.0118. The van der Waals surface area contributed by atoms with E-state index in [4.69, 9.17) is 14.2 Å². The summed E-state index contributed by atoms with van der Waals surface area (Å²) in [5, 5.41) is 9.33. The van der Waals surface area contributed by atoms with E-state index < -0.39 is 0 Å². The predicted molar refractivity (Wildman–Crippen MR) is 81.7 cm³/mol. The van der Waals surface area contributed by atoms with Crippen LogP contribution in [0.3, 0.4) is 0 Å². The first-order valence-corrected chi connectivity index (χ1v) is 7.29. The summed E-state index contributed by atoms with van der Waals surface area (Å²) >= 11 is 0. The first-order valence-electron chi connectivity index (χ1n) is 7.29. The van der Waals surface area contributed by atoms with Crippen molar-refractivity contribution in [2.45, 2.75) is 39.2 Å². The first kappa shape index (κ1) is 17.9. The lowest BCUT2D eigenvalue weighted by Crippen LogP contribution is -2.15. The summed E-state index contributed by atoms with van der Waals surface area (Å²) in [7, 11) is 1.65. The molecule has 0 radical (unpaired) electrons. The molecule has 21 heavy (non-hydrogen) atoms. The van der Waals surface area contributed by atoms with E-state index in [1.54, 1.807) is 13.2 Å². The van der Waals surface area contributed by atoms with Crippen LogP contribution < -0.4 is 4.74 Å². The number of aliphatic hydroxyl groups excluding tert-OH is 1. The Labute approximate surface area is 127 Å². The van der Waals surface area contributed by atoms with Gasteiger partial charge in [-0.2, -0.15) is 0 Å². The zero-order valence-electron chi connectivity index (χ0n) is 13.5. The minimum atomic E-state index is -0.0768. The van der Waals surface area contributed by atoms with Gasteiger partial charge in [0.2, 0.25) is 5.88 Å². The average Bonchev–Trinajstić information content (AvgIpc) is 2.45. The van der Waals surface area contributed by atoms with Crippen molar-refractivity contribution in [1.29, 1.82) is 0 Å². The number of aromatic nitrogens is 1. The Kier molecular flexibility index (Phi) is 7.64. The number of hydrogen-bond acceptors (Lipinski definition) is 5. The second kappa shape index (κ2) is 8.97. The van der Waals surface area contributed by atoms with Gasteiger partial charge >= 0.3 is 0 Å². The van der Waals surface area contributed by atoms with Crippen molar-refractivity contribution in [3.8, 4) is 5.88 Å². The van der Waals surface area contributed by atoms with Gasteiger partial charge < -0.3 is 19.3 Å². The summed E-state index contributed by atoms with van der Waals surface area (Å²) in [6.45, 7) is 8.63. The number of hydrogen-bond donors (Lipinski definition) is 1. The van der Waals surface area contributed by atoms with Crippen LogP contribution >= 0.6 is 0 Å². The van der Waals surface area contributed by atoms with Crippen LogP contribution in [0.5, 0.6) is 5.88 Å². The monoisotopic (exact) mass is 297 g/mol. The molecule has 0 saturated heterocycles. The molecule has 1 aromatic heterocycles. The van der Waals surface area contributed by atoms with Crippen LogP contribution in [0.25, 0.3) is 0 Å². The SMILES string of the molecule is COCCOCCCOc1cc(CO)cc(C(C)(C)C)n1. The van der Waals surface area contributed by atoms with Gasteiger partial charge in [0.15, 0.2) is 0 Å². The highest BCUT2D eigenvalue weighted by atomic mass is 16.5. The number of ether oxygens (including phenoxy) is 3. The maximum Gasteiger partial charge on any atom is 0.213 e. The molecule has 0 aliphatic carbocycles. The van der Waals surface area contributed by atoms with E-state index >= 15 is 0 Å². The zero-order valence-corrected chi connectivity index (χ0v) is 13.5. The smallest absolute Gasteiger partial charge is 0.213 e. The van der Waals surface area contributed by atoms with Gasteiger partial charge in [-0.15, -0.1) is 0 Å². The molecule has 5 heteroatoms. The van der Waals surface area contributed by atoms with Gasteiger partial charge in [0, 0.05) is 31.6 Å². The summed E-state index contributed by atoms with van der Waals surface area (Å²) in [5.41, 5.74) is 1.66. The molecule has 0 fully saturated rings. The van der Waals surface area contributed by atoms with E-state index in [0.29, 0.717) is 32.3 Å². The molecule has 0 aliphatic rings. The Morgan fingerprint density at radius 2 is 1.86 bits per heavy atom. The minimum Gasteiger partial charge on any atom is -0.478 e. The quantitative estimate of drug-likeness (QED) is 0.709. The van der Waals surface area contributed by atoms with Crippen molar-refractivity contribution in [2.24, 2.45) is 0 Å². The molecule has 1 heterocycles. The lowest BCUT2D eigenvalue weighted by atomic mass is 9.91. The third-order valence-corrected chi connectivity index (χ3v) is 2.93. The highest BCUT2D eigenvalue weighted by Gasteiger charge is 2.17. The van der Waals surface area contributed by atoms with E-state index in [2.05, 4.69) is 25.8 Å². The number of nitrogens with zero attached hydrogens (tertiary/aromatic N) is 1. The third-order valence-electron chi connectivity index (χ3n) is 2.93. The van der Waals surface area contributed by atoms with Gasteiger partial charge in [-0.1, -0.05) is 20.8 Å². The fourth-order valence-electron chi connectivity index (χ4n) is 1.69. The summed E-state index contributed by atoms with van der Waals surface area (Å²) in [6, 6.07) is 3.70. The van der Waals surface area contributed by atoms with E-state index in [0.717, 1.165) is 17.7 Å². The molecule has 1 N–H and O–H groups in total. The molecule has 0 aliphatic heterocycles. The van der Waals surface area contributed by atoms with Crippen LogP contribution in [0.1, 0.15) is 38.4 Å². The molecule has 0 aromatic carbocycles. The zero-order chi connectivity index (χ0) is 15.7. The standard InChI is InChI=1S/C16H27NO4/c1-16(2,3)14-10-13(12-18)11-15(17-14)21-7-5-6-20-9-8-19-4/h10-11,18H,5-9,12H2,1-4H3. The first-order chi connectivity index (χ1) is 9.97. The highest BCUT2D eigenvalue weighted by Crippen LogP contribution is 2.24. The largest absolute Gasteiger partial charge is 0.478 e. The van der Waals surface area contributed by atoms with Gasteiger partial charge in [0.1, 0.15) is 0 Å². The number of pyridine rings is 1. The van der Waals surface area contributed by atoms with Crippen LogP contribution in [0.2, 0.25) is 0 Å². The molecule has 0 saturated carbocycles. The van der Waals surface area contributed by atoms with Gasteiger partial charge in [-0.3, -0.25) is 0 Å². The topological polar surface area (TPSA) is 60.8 Å². The summed E-state index contributed by atoms with van der Waals surface area (Å²) in [5.74, 6) is 0.559. The maximum atomic E-state index is 9.33. The average molecular weight is 297 g/mol. The third kappa shape index (κ3) is 6.89. The van der Waals surface area contributed by atoms with Crippen molar-refractivity contribution in [3.05, 3.63) is 23.4 Å². The van der Waals surface area contributed by atoms with Crippen LogP contribution in [0, 0.1) is 0 Å². The number of aliphatic hydroxyl groups is 1. The fourth-order valence-corrected chi connectivity index (χ4v) is 1.69. The molecular formula is C16H27NO4. The molecule has 0 unspecified atom stereocenters. The summed E-state index contributed by atoms with van der Waals surface area (Å²) < 4.78 is 15.9. The second-order valence-corrected chi connectivity index (χ2v) is 5.91. The van der Waals surface area contributed by atoms with E-state index in [1.807, 2.05) is 6.07 Å². The molecule has 0 spiro atoms. The maximum absolute atomic E-state index is 9.33. The van der Waals surface area contributed by atoms with Crippen LogP contribution in [-0.4, -0.2) is 43.6 Å². The molecular weight excluding hydrogens is 270 g/mol. The Balaban J connectivity index is 2.47. The number of methoxy groups -OCH3 is 1. The molecule has 0 atom stereocenters. The molecule has 5 nitrogen and oxygen atoms in total. The number of rotatable bonds is 9. The van der Waals surface area contributed by atoms with Gasteiger partial charge in [-0.25, -0.2) is 4.98 Å². The van der Waals surface area contributed by atoms with Crippen LogP contribution in [0.4, 0.5) is 0 Å². The molecule has 120 valence electrons. The van der Waals surface area contributed by atoms with Gasteiger partial charge in [-0.05, 0) is 11.6 Å². The van der Waals surface area contributed by atoms with E-state index in [1.165, 1.54) is 0 Å². The Hall–Kier alpha value is -1.17. The van der Waals surface area contributed by atoms with Crippen molar-refractivity contribution in [1.82, 2.24) is 4.98 Å². The molecule has 1 rings (SSSR count). The van der Waals surface area contributed by atoms with Crippen molar-refractivity contribution in [2.75, 3.05) is 33.5 Å². The summed E-state index contributed by atoms with van der Waals surface area (Å²) in [6.07, 6.45) is 0.791. The summed E-state index contributed by atoms with van der Waals surface area (Å²) in [4.78, 5) is 4.51. The lowest BCUT2D eigenvalue weighted by Gasteiger charge is -2.19. The predicted octanol–water partition coefficient (Wildman–Crippen LogP) is 2.30. The van der Waals surface area contributed by atoms with Crippen molar-refractivity contribution < 1.29 is 19.3 Å². The van der Waals surface area contributed by atoms with Crippen LogP contribution in [0.15, 0.2) is 12.1 Å². The van der Waals surface area contributed by atoms with Gasteiger partial charge in [0.05, 0.1) is 32.1 Å². The van der Waals surface area contributed by atoms with Crippen molar-refractivity contribution >= 4 is 0 Å². The van der Waals surface area contributed by atoms with Crippen molar-refractivity contribution in [3.63, 3.8) is 0 Å². The second-order valence-electron chi connectivity index (χ2n) is 5.91. The highest BCUT2D eigenvalue weighted by molar-refractivity contribution is 5.28.